The highest BCUT2D eigenvalue weighted by atomic mass is 16.5. The maximum Gasteiger partial charge on any atom is 0.316 e. The van der Waals surface area contributed by atoms with Gasteiger partial charge in [0.05, 0.1) is 32.8 Å². The molecule has 0 aliphatic carbocycles. The van der Waals surface area contributed by atoms with Crippen molar-refractivity contribution >= 4 is 5.97 Å². The van der Waals surface area contributed by atoms with E-state index in [-0.39, 0.29) is 18.7 Å². The predicted molar refractivity (Wildman–Crippen MR) is 84.3 cm³/mol. The zero-order valence-electron chi connectivity index (χ0n) is 13.4. The lowest BCUT2D eigenvalue weighted by Gasteiger charge is -2.44. The lowest BCUT2D eigenvalue weighted by molar-refractivity contribution is -0.931. The molecule has 4 atom stereocenters. The van der Waals surface area contributed by atoms with E-state index >= 15 is 0 Å². The predicted octanol–water partition coefficient (Wildman–Crippen LogP) is 2.08. The molecule has 4 nitrogen and oxygen atoms in total. The number of aliphatic hydroxyl groups excluding tert-OH is 1. The number of ether oxygens (including phenoxy) is 1. The molecule has 0 radical (unpaired) electrons. The first-order valence-electron chi connectivity index (χ1n) is 8.22. The van der Waals surface area contributed by atoms with Crippen molar-refractivity contribution in [2.75, 3.05) is 20.7 Å². The van der Waals surface area contributed by atoms with E-state index in [9.17, 15) is 9.90 Å². The molecule has 1 aromatic rings. The van der Waals surface area contributed by atoms with Crippen molar-refractivity contribution in [2.24, 2.45) is 0 Å². The summed E-state index contributed by atoms with van der Waals surface area (Å²) in [6.45, 7) is -0.204. The number of benzene rings is 1. The van der Waals surface area contributed by atoms with Crippen molar-refractivity contribution in [3.05, 3.63) is 35.9 Å². The summed E-state index contributed by atoms with van der Waals surface area (Å²) in [5, 5.41) is 9.57. The third-order valence-electron chi connectivity index (χ3n) is 5.74. The molecular formula is C18H26NO3+. The Morgan fingerprint density at radius 3 is 2.36 bits per heavy atom. The van der Waals surface area contributed by atoms with Crippen molar-refractivity contribution in [2.45, 2.75) is 49.8 Å². The summed E-state index contributed by atoms with van der Waals surface area (Å²) in [5.41, 5.74) is 0.824. The molecule has 3 rings (SSSR count). The van der Waals surface area contributed by atoms with Crippen molar-refractivity contribution in [1.29, 1.82) is 0 Å². The minimum atomic E-state index is -0.566. The van der Waals surface area contributed by atoms with Crippen molar-refractivity contribution in [3.63, 3.8) is 0 Å². The van der Waals surface area contributed by atoms with Gasteiger partial charge in [-0.3, -0.25) is 4.79 Å². The van der Waals surface area contributed by atoms with Gasteiger partial charge in [0.15, 0.2) is 0 Å². The third kappa shape index (κ3) is 2.77. The molecular weight excluding hydrogens is 278 g/mol. The third-order valence-corrected chi connectivity index (χ3v) is 5.74. The largest absolute Gasteiger partial charge is 0.461 e. The minimum Gasteiger partial charge on any atom is -0.461 e. The number of hydrogen-bond acceptors (Lipinski definition) is 3. The van der Waals surface area contributed by atoms with Crippen molar-refractivity contribution < 1.29 is 19.1 Å². The zero-order chi connectivity index (χ0) is 15.7. The summed E-state index contributed by atoms with van der Waals surface area (Å²) in [6, 6.07) is 10.6. The summed E-state index contributed by atoms with van der Waals surface area (Å²) in [5.74, 6) is -0.853. The number of fused-ring (bicyclic) bond motifs is 2. The van der Waals surface area contributed by atoms with Gasteiger partial charge < -0.3 is 14.3 Å². The highest BCUT2D eigenvalue weighted by Gasteiger charge is 2.50. The van der Waals surface area contributed by atoms with Crippen LogP contribution in [0.1, 0.15) is 37.2 Å². The highest BCUT2D eigenvalue weighted by molar-refractivity contribution is 5.78. The summed E-state index contributed by atoms with van der Waals surface area (Å²) in [7, 11) is 4.59. The topological polar surface area (TPSA) is 46.5 Å². The molecule has 0 spiro atoms. The second-order valence-corrected chi connectivity index (χ2v) is 7.19. The van der Waals surface area contributed by atoms with E-state index in [0.29, 0.717) is 12.1 Å². The van der Waals surface area contributed by atoms with E-state index in [1.807, 2.05) is 30.3 Å². The SMILES string of the molecule is C[N+]1(C)[C@@H]2CC[C@H]1CC(OC(=O)C(CO)c1ccccc1)C2. The summed E-state index contributed by atoms with van der Waals surface area (Å²) < 4.78 is 6.83. The van der Waals surface area contributed by atoms with Crippen LogP contribution in [0.15, 0.2) is 30.3 Å². The number of esters is 1. The fourth-order valence-electron chi connectivity index (χ4n) is 4.17. The standard InChI is InChI=1S/C18H26NO3/c1-19(2)14-8-9-15(19)11-16(10-14)22-18(21)17(12-20)13-6-4-3-5-7-13/h3-7,14-17,20H,8-12H2,1-2H3/q+1/t14-,15+,16?,17?. The van der Waals surface area contributed by atoms with Crippen LogP contribution in [0.2, 0.25) is 0 Å². The average Bonchev–Trinajstić information content (AvgIpc) is 2.68. The normalized spacial score (nSPS) is 30.8. The van der Waals surface area contributed by atoms with Crippen LogP contribution < -0.4 is 0 Å². The molecule has 2 saturated heterocycles. The Morgan fingerprint density at radius 2 is 1.82 bits per heavy atom. The van der Waals surface area contributed by atoms with E-state index in [1.165, 1.54) is 12.8 Å². The van der Waals surface area contributed by atoms with Gasteiger partial charge >= 0.3 is 5.97 Å². The van der Waals surface area contributed by atoms with E-state index in [1.54, 1.807) is 0 Å². The second-order valence-electron chi connectivity index (χ2n) is 7.19. The Balaban J connectivity index is 1.65. The molecule has 120 valence electrons. The van der Waals surface area contributed by atoms with E-state index < -0.39 is 5.92 Å². The van der Waals surface area contributed by atoms with Gasteiger partial charge in [0.25, 0.3) is 0 Å². The van der Waals surface area contributed by atoms with Crippen LogP contribution >= 0.6 is 0 Å². The smallest absolute Gasteiger partial charge is 0.316 e. The van der Waals surface area contributed by atoms with E-state index in [0.717, 1.165) is 22.9 Å². The molecule has 2 fully saturated rings. The van der Waals surface area contributed by atoms with Gasteiger partial charge in [-0.1, -0.05) is 30.3 Å². The lowest BCUT2D eigenvalue weighted by atomic mass is 9.96. The van der Waals surface area contributed by atoms with Crippen LogP contribution in [0.25, 0.3) is 0 Å². The molecule has 0 saturated carbocycles. The first kappa shape index (κ1) is 15.5. The Kier molecular flexibility index (Phi) is 4.24. The molecule has 0 amide bonds. The van der Waals surface area contributed by atoms with E-state index in [2.05, 4.69) is 14.1 Å². The fraction of sp³-hybridized carbons (Fsp3) is 0.611. The van der Waals surface area contributed by atoms with Crippen LogP contribution in [-0.4, -0.2) is 54.4 Å². The summed E-state index contributed by atoms with van der Waals surface area (Å²) in [6.07, 6.45) is 4.36. The number of hydrogen-bond donors (Lipinski definition) is 1. The molecule has 2 bridgehead atoms. The maximum absolute atomic E-state index is 12.5. The van der Waals surface area contributed by atoms with Gasteiger partial charge in [-0.25, -0.2) is 0 Å². The second kappa shape index (κ2) is 6.01. The van der Waals surface area contributed by atoms with Gasteiger partial charge in [0, 0.05) is 25.7 Å². The van der Waals surface area contributed by atoms with Crippen molar-refractivity contribution in [3.8, 4) is 0 Å². The first-order valence-corrected chi connectivity index (χ1v) is 8.22. The van der Waals surface area contributed by atoms with Crippen molar-refractivity contribution in [1.82, 2.24) is 0 Å². The van der Waals surface area contributed by atoms with Gasteiger partial charge in [-0.05, 0) is 5.56 Å². The minimum absolute atomic E-state index is 0.00825. The molecule has 2 heterocycles. The number of aliphatic hydroxyl groups is 1. The average molecular weight is 304 g/mol. The Labute approximate surface area is 132 Å². The maximum atomic E-state index is 12.5. The number of rotatable bonds is 4. The lowest BCUT2D eigenvalue weighted by Crippen LogP contribution is -2.56. The fourth-order valence-corrected chi connectivity index (χ4v) is 4.17. The Bertz CT molecular complexity index is 512. The molecule has 4 heteroatoms. The highest BCUT2D eigenvalue weighted by Crippen LogP contribution is 2.40. The molecule has 22 heavy (non-hydrogen) atoms. The Hall–Kier alpha value is -1.39. The number of piperidine rings is 1. The molecule has 2 unspecified atom stereocenters. The molecule has 2 aliphatic heterocycles. The quantitative estimate of drug-likeness (QED) is 0.684. The number of carbonyl (C=O) groups is 1. The van der Waals surface area contributed by atoms with Crippen LogP contribution in [0, 0.1) is 0 Å². The van der Waals surface area contributed by atoms with E-state index in [4.69, 9.17) is 4.74 Å². The molecule has 1 N–H and O–H groups in total. The molecule has 0 aromatic heterocycles. The van der Waals surface area contributed by atoms with Crippen LogP contribution in [0.3, 0.4) is 0 Å². The van der Waals surface area contributed by atoms with Gasteiger partial charge in [-0.2, -0.15) is 0 Å². The number of nitrogens with zero attached hydrogens (tertiary/aromatic N) is 1. The van der Waals surface area contributed by atoms with Crippen LogP contribution in [-0.2, 0) is 9.53 Å². The number of carbonyl (C=O) groups excluding carboxylic acids is 1. The molecule has 2 aliphatic rings. The summed E-state index contributed by atoms with van der Waals surface area (Å²) in [4.78, 5) is 12.5. The summed E-state index contributed by atoms with van der Waals surface area (Å²) >= 11 is 0. The van der Waals surface area contributed by atoms with Crippen LogP contribution in [0.5, 0.6) is 0 Å². The van der Waals surface area contributed by atoms with Crippen LogP contribution in [0.4, 0.5) is 0 Å². The van der Waals surface area contributed by atoms with Gasteiger partial charge in [-0.15, -0.1) is 0 Å². The van der Waals surface area contributed by atoms with Gasteiger partial charge in [0.1, 0.15) is 12.0 Å². The zero-order valence-corrected chi connectivity index (χ0v) is 13.4. The molecule has 1 aromatic carbocycles. The monoisotopic (exact) mass is 304 g/mol. The van der Waals surface area contributed by atoms with Gasteiger partial charge in [0.2, 0.25) is 0 Å². The Morgan fingerprint density at radius 1 is 1.23 bits per heavy atom. The first-order chi connectivity index (χ1) is 10.5. The number of quaternary nitrogens is 1.